The molecule has 3 heterocycles. The molecular formula is C31H32N2O. The summed E-state index contributed by atoms with van der Waals surface area (Å²) in [6.07, 6.45) is 6.22. The second kappa shape index (κ2) is 8.23. The topological polar surface area (TPSA) is 38.9 Å². The zero-order valence-corrected chi connectivity index (χ0v) is 20.6. The molecule has 0 saturated heterocycles. The normalized spacial score (nSPS) is 14.9. The van der Waals surface area contributed by atoms with E-state index < -0.39 is 0 Å². The van der Waals surface area contributed by atoms with E-state index in [1.807, 2.05) is 6.92 Å². The second-order valence-electron chi connectivity index (χ2n) is 10.6. The summed E-state index contributed by atoms with van der Waals surface area (Å²) in [6.45, 7) is 8.71. The highest BCUT2D eigenvalue weighted by atomic mass is 16.3. The number of hydrogen-bond acceptors (Lipinski definition) is 3. The van der Waals surface area contributed by atoms with Gasteiger partial charge < -0.3 is 4.42 Å². The number of aryl methyl sites for hydroxylation is 2. The molecule has 1 fully saturated rings. The van der Waals surface area contributed by atoms with Gasteiger partial charge in [0.25, 0.3) is 0 Å². The fourth-order valence-electron chi connectivity index (χ4n) is 5.85. The van der Waals surface area contributed by atoms with Crippen LogP contribution in [0, 0.1) is 19.8 Å². The van der Waals surface area contributed by atoms with Crippen molar-refractivity contribution in [2.45, 2.75) is 65.7 Å². The molecule has 0 spiro atoms. The molecule has 1 aliphatic carbocycles. The summed E-state index contributed by atoms with van der Waals surface area (Å²) >= 11 is 0. The monoisotopic (exact) mass is 448 g/mol. The first-order valence-corrected chi connectivity index (χ1v) is 12.7. The molecule has 0 amide bonds. The zero-order chi connectivity index (χ0) is 23.4. The van der Waals surface area contributed by atoms with Gasteiger partial charge in [0, 0.05) is 33.1 Å². The first kappa shape index (κ1) is 21.3. The molecule has 3 aromatic heterocycles. The zero-order valence-electron chi connectivity index (χ0n) is 20.6. The Morgan fingerprint density at radius 2 is 1.71 bits per heavy atom. The van der Waals surface area contributed by atoms with E-state index in [1.165, 1.54) is 53.3 Å². The molecule has 0 radical (unpaired) electrons. The molecule has 0 N–H and O–H groups in total. The van der Waals surface area contributed by atoms with E-state index in [0.29, 0.717) is 17.5 Å². The maximum atomic E-state index is 6.42. The summed E-state index contributed by atoms with van der Waals surface area (Å²) in [5.74, 6) is 1.20. The summed E-state index contributed by atoms with van der Waals surface area (Å²) in [5, 5.41) is 4.79. The average molecular weight is 449 g/mol. The lowest BCUT2D eigenvalue weighted by Crippen LogP contribution is -2.02. The molecule has 3 nitrogen and oxygen atoms in total. The maximum Gasteiger partial charge on any atom is 0.227 e. The molecule has 0 aliphatic heterocycles. The van der Waals surface area contributed by atoms with Gasteiger partial charge >= 0.3 is 0 Å². The fraction of sp³-hybridized carbons (Fsp3) is 0.355. The Hall–Kier alpha value is -3.20. The van der Waals surface area contributed by atoms with Crippen molar-refractivity contribution in [2.75, 3.05) is 0 Å². The summed E-state index contributed by atoms with van der Waals surface area (Å²) in [4.78, 5) is 9.95. The van der Waals surface area contributed by atoms with Crippen molar-refractivity contribution in [3.8, 4) is 11.3 Å². The minimum absolute atomic E-state index is 0.548. The number of nitrogens with zero attached hydrogens (tertiary/aromatic N) is 2. The van der Waals surface area contributed by atoms with Crippen LogP contribution in [0.25, 0.3) is 44.1 Å². The molecule has 0 unspecified atom stereocenters. The third kappa shape index (κ3) is 3.58. The van der Waals surface area contributed by atoms with Crippen molar-refractivity contribution in [1.82, 2.24) is 9.97 Å². The number of aromatic nitrogens is 2. The van der Waals surface area contributed by atoms with E-state index >= 15 is 0 Å². The van der Waals surface area contributed by atoms with Crippen LogP contribution in [0.1, 0.15) is 68.0 Å². The third-order valence-corrected chi connectivity index (χ3v) is 7.35. The minimum Gasteiger partial charge on any atom is -0.437 e. The predicted molar refractivity (Wildman–Crippen MR) is 141 cm³/mol. The molecule has 1 saturated carbocycles. The molecule has 1 aliphatic rings. The van der Waals surface area contributed by atoms with Crippen LogP contribution in [0.2, 0.25) is 0 Å². The Morgan fingerprint density at radius 1 is 0.882 bits per heavy atom. The van der Waals surface area contributed by atoms with Crippen LogP contribution in [0.4, 0.5) is 0 Å². The standard InChI is InChI=1S/C31H32N2O/c1-18(2)14-22-17-26-23(21-8-5-6-9-21)10-7-11-24(26)29(33-22)28-16-19(3)15-27-25-13-12-20(4)32-31(25)34-30(27)28/h7,10-13,15-18,21H,5-6,8-9,14H2,1-4H3. The van der Waals surface area contributed by atoms with Gasteiger partial charge in [-0.05, 0) is 91.8 Å². The first-order valence-electron chi connectivity index (χ1n) is 12.7. The molecule has 2 aromatic carbocycles. The maximum absolute atomic E-state index is 6.42. The molecule has 172 valence electrons. The van der Waals surface area contributed by atoms with E-state index in [1.54, 1.807) is 0 Å². The molecule has 6 rings (SSSR count). The van der Waals surface area contributed by atoms with Crippen LogP contribution >= 0.6 is 0 Å². The number of furan rings is 1. The third-order valence-electron chi connectivity index (χ3n) is 7.35. The highest BCUT2D eigenvalue weighted by Gasteiger charge is 2.23. The average Bonchev–Trinajstić information content (AvgIpc) is 3.45. The smallest absolute Gasteiger partial charge is 0.227 e. The molecule has 0 atom stereocenters. The minimum atomic E-state index is 0.548. The van der Waals surface area contributed by atoms with Gasteiger partial charge in [-0.1, -0.05) is 44.9 Å². The van der Waals surface area contributed by atoms with Crippen LogP contribution in [-0.2, 0) is 6.42 Å². The van der Waals surface area contributed by atoms with Gasteiger partial charge in [0.1, 0.15) is 5.58 Å². The quantitative estimate of drug-likeness (QED) is 0.276. The second-order valence-corrected chi connectivity index (χ2v) is 10.6. The molecule has 0 bridgehead atoms. The largest absolute Gasteiger partial charge is 0.437 e. The summed E-state index contributed by atoms with van der Waals surface area (Å²) in [7, 11) is 0. The van der Waals surface area contributed by atoms with E-state index in [2.05, 4.69) is 74.3 Å². The highest BCUT2D eigenvalue weighted by Crippen LogP contribution is 2.42. The van der Waals surface area contributed by atoms with Gasteiger partial charge in [0.05, 0.1) is 5.69 Å². The lowest BCUT2D eigenvalue weighted by atomic mass is 9.89. The molecular weight excluding hydrogens is 416 g/mol. The lowest BCUT2D eigenvalue weighted by Gasteiger charge is -2.17. The van der Waals surface area contributed by atoms with E-state index in [9.17, 15) is 0 Å². The Balaban J connectivity index is 1.68. The van der Waals surface area contributed by atoms with Crippen LogP contribution < -0.4 is 0 Å². The Labute approximate surface area is 201 Å². The summed E-state index contributed by atoms with van der Waals surface area (Å²) in [5.41, 5.74) is 8.55. The van der Waals surface area contributed by atoms with Crippen molar-refractivity contribution in [2.24, 2.45) is 5.92 Å². The number of rotatable bonds is 4. The SMILES string of the molecule is Cc1cc(-c2nc(CC(C)C)cc3c(C4CCCC4)cccc23)c2oc3nc(C)ccc3c2c1. The van der Waals surface area contributed by atoms with Gasteiger partial charge in [-0.3, -0.25) is 4.98 Å². The van der Waals surface area contributed by atoms with Gasteiger partial charge in [-0.25, -0.2) is 4.98 Å². The van der Waals surface area contributed by atoms with Gasteiger partial charge in [-0.2, -0.15) is 0 Å². The highest BCUT2D eigenvalue weighted by molar-refractivity contribution is 6.11. The van der Waals surface area contributed by atoms with Gasteiger partial charge in [0.2, 0.25) is 5.71 Å². The Bertz CT molecular complexity index is 1540. The Morgan fingerprint density at radius 3 is 2.50 bits per heavy atom. The van der Waals surface area contributed by atoms with Crippen molar-refractivity contribution in [3.05, 3.63) is 71.0 Å². The van der Waals surface area contributed by atoms with Crippen molar-refractivity contribution >= 4 is 32.8 Å². The van der Waals surface area contributed by atoms with Crippen molar-refractivity contribution in [3.63, 3.8) is 0 Å². The van der Waals surface area contributed by atoms with Crippen LogP contribution in [0.3, 0.4) is 0 Å². The van der Waals surface area contributed by atoms with Gasteiger partial charge in [-0.15, -0.1) is 0 Å². The predicted octanol–water partition coefficient (Wildman–Crippen LogP) is 8.67. The van der Waals surface area contributed by atoms with Crippen molar-refractivity contribution < 1.29 is 4.42 Å². The van der Waals surface area contributed by atoms with Crippen LogP contribution in [-0.4, -0.2) is 9.97 Å². The molecule has 34 heavy (non-hydrogen) atoms. The van der Waals surface area contributed by atoms with Crippen LogP contribution in [0.5, 0.6) is 0 Å². The van der Waals surface area contributed by atoms with E-state index in [4.69, 9.17) is 9.40 Å². The number of hydrogen-bond donors (Lipinski definition) is 0. The number of fused-ring (bicyclic) bond motifs is 4. The summed E-state index contributed by atoms with van der Waals surface area (Å²) in [6, 6.07) is 17.8. The number of benzene rings is 2. The first-order chi connectivity index (χ1) is 16.5. The molecule has 3 heteroatoms. The fourth-order valence-corrected chi connectivity index (χ4v) is 5.85. The number of pyridine rings is 2. The molecule has 5 aromatic rings. The van der Waals surface area contributed by atoms with E-state index in [-0.39, 0.29) is 0 Å². The summed E-state index contributed by atoms with van der Waals surface area (Å²) < 4.78 is 6.42. The van der Waals surface area contributed by atoms with Crippen LogP contribution in [0.15, 0.2) is 52.9 Å². The van der Waals surface area contributed by atoms with Gasteiger partial charge in [0.15, 0.2) is 0 Å². The van der Waals surface area contributed by atoms with Crippen molar-refractivity contribution in [1.29, 1.82) is 0 Å². The Kier molecular flexibility index (Phi) is 5.17. The van der Waals surface area contributed by atoms with E-state index in [0.717, 1.165) is 39.7 Å². The lowest BCUT2D eigenvalue weighted by molar-refractivity contribution is 0.636.